The van der Waals surface area contributed by atoms with Gasteiger partial charge in [0.1, 0.15) is 5.15 Å². The first kappa shape index (κ1) is 19.4. The normalized spacial score (nSPS) is 14.9. The maximum absolute atomic E-state index is 10.8. The quantitative estimate of drug-likeness (QED) is 0.467. The lowest BCUT2D eigenvalue weighted by atomic mass is 10.2. The molecule has 1 aliphatic rings. The van der Waals surface area contributed by atoms with Gasteiger partial charge < -0.3 is 4.90 Å². The number of hydrogen-bond donors (Lipinski definition) is 0. The molecule has 4 rings (SSSR count). The summed E-state index contributed by atoms with van der Waals surface area (Å²) >= 11 is 6.66. The second-order valence-electron chi connectivity index (χ2n) is 7.14. The van der Waals surface area contributed by atoms with E-state index in [4.69, 9.17) is 11.6 Å². The zero-order chi connectivity index (χ0) is 20.4. The minimum atomic E-state index is -0.372. The highest BCUT2D eigenvalue weighted by Gasteiger charge is 2.22. The van der Waals surface area contributed by atoms with Gasteiger partial charge in [0.25, 0.3) is 5.69 Å². The Hall–Kier alpha value is -2.90. The summed E-state index contributed by atoms with van der Waals surface area (Å²) in [7, 11) is 0. The van der Waals surface area contributed by atoms with Crippen LogP contribution in [0.3, 0.4) is 0 Å². The van der Waals surface area contributed by atoms with Crippen LogP contribution in [0.2, 0.25) is 5.15 Å². The number of para-hydroxylation sites is 1. The molecule has 29 heavy (non-hydrogen) atoms. The zero-order valence-electron chi connectivity index (χ0n) is 16.2. The summed E-state index contributed by atoms with van der Waals surface area (Å²) in [4.78, 5) is 15.1. The van der Waals surface area contributed by atoms with Gasteiger partial charge in [0.05, 0.1) is 16.3 Å². The fourth-order valence-electron chi connectivity index (χ4n) is 3.62. The number of hydrogen-bond acceptors (Lipinski definition) is 5. The van der Waals surface area contributed by atoms with Crippen molar-refractivity contribution in [2.75, 3.05) is 31.1 Å². The van der Waals surface area contributed by atoms with E-state index in [-0.39, 0.29) is 10.6 Å². The van der Waals surface area contributed by atoms with Gasteiger partial charge in [-0.25, -0.2) is 4.68 Å². The Balaban J connectivity index is 1.41. The lowest BCUT2D eigenvalue weighted by Gasteiger charge is -2.36. The second kappa shape index (κ2) is 8.23. The molecule has 0 atom stereocenters. The summed E-state index contributed by atoms with van der Waals surface area (Å²) in [6, 6.07) is 16.7. The molecule has 0 N–H and O–H groups in total. The zero-order valence-corrected chi connectivity index (χ0v) is 16.9. The van der Waals surface area contributed by atoms with Crippen LogP contribution in [0, 0.1) is 17.0 Å². The van der Waals surface area contributed by atoms with Crippen LogP contribution in [0.4, 0.5) is 11.4 Å². The predicted molar refractivity (Wildman–Crippen MR) is 114 cm³/mol. The van der Waals surface area contributed by atoms with Crippen LogP contribution in [0.5, 0.6) is 0 Å². The van der Waals surface area contributed by atoms with Crippen molar-refractivity contribution < 1.29 is 4.92 Å². The Kier molecular flexibility index (Phi) is 5.51. The SMILES string of the molecule is Cc1nn(-c2ccccc2)c(Cl)c1CN1CCN(c2ccc([N+](=O)[O-])cc2)CC1. The van der Waals surface area contributed by atoms with Gasteiger partial charge >= 0.3 is 0 Å². The average Bonchev–Trinajstić information content (AvgIpc) is 3.03. The Morgan fingerprint density at radius 1 is 1.00 bits per heavy atom. The summed E-state index contributed by atoms with van der Waals surface area (Å²) in [5.41, 5.74) is 4.08. The van der Waals surface area contributed by atoms with E-state index in [0.29, 0.717) is 5.15 Å². The molecular formula is C21H22ClN5O2. The summed E-state index contributed by atoms with van der Waals surface area (Å²) in [5.74, 6) is 0. The number of rotatable bonds is 5. The van der Waals surface area contributed by atoms with Crippen LogP contribution in [0.25, 0.3) is 5.69 Å². The van der Waals surface area contributed by atoms with E-state index in [1.165, 1.54) is 0 Å². The minimum Gasteiger partial charge on any atom is -0.369 e. The number of aromatic nitrogens is 2. The molecule has 0 unspecified atom stereocenters. The van der Waals surface area contributed by atoms with Gasteiger partial charge in [-0.15, -0.1) is 0 Å². The number of halogens is 1. The smallest absolute Gasteiger partial charge is 0.269 e. The van der Waals surface area contributed by atoms with Crippen LogP contribution in [-0.2, 0) is 6.54 Å². The number of nitro groups is 1. The first-order valence-corrected chi connectivity index (χ1v) is 9.92. The van der Waals surface area contributed by atoms with E-state index in [1.54, 1.807) is 16.8 Å². The van der Waals surface area contributed by atoms with Gasteiger partial charge in [0, 0.05) is 56.1 Å². The highest BCUT2D eigenvalue weighted by atomic mass is 35.5. The van der Waals surface area contributed by atoms with Crippen molar-refractivity contribution in [1.82, 2.24) is 14.7 Å². The Labute approximate surface area is 174 Å². The summed E-state index contributed by atoms with van der Waals surface area (Å²) < 4.78 is 1.79. The molecule has 8 heteroatoms. The average molecular weight is 412 g/mol. The number of benzene rings is 2. The fraction of sp³-hybridized carbons (Fsp3) is 0.286. The first-order valence-electron chi connectivity index (χ1n) is 9.54. The molecule has 0 spiro atoms. The predicted octanol–water partition coefficient (Wildman–Crippen LogP) is 4.06. The highest BCUT2D eigenvalue weighted by molar-refractivity contribution is 6.30. The van der Waals surface area contributed by atoms with Crippen molar-refractivity contribution in [3.63, 3.8) is 0 Å². The standard InChI is InChI=1S/C21H22ClN5O2/c1-16-20(21(22)26(23-16)18-5-3-2-4-6-18)15-24-11-13-25(14-12-24)17-7-9-19(10-8-17)27(28)29/h2-10H,11-15H2,1H3. The first-order chi connectivity index (χ1) is 14.0. The Bertz CT molecular complexity index is 996. The van der Waals surface area contributed by atoms with Crippen LogP contribution >= 0.6 is 11.6 Å². The van der Waals surface area contributed by atoms with Gasteiger partial charge in [0.15, 0.2) is 0 Å². The maximum Gasteiger partial charge on any atom is 0.269 e. The van der Waals surface area contributed by atoms with Gasteiger partial charge in [-0.1, -0.05) is 29.8 Å². The van der Waals surface area contributed by atoms with Crippen molar-refractivity contribution in [3.05, 3.63) is 81.1 Å². The molecule has 7 nitrogen and oxygen atoms in total. The van der Waals surface area contributed by atoms with Crippen molar-refractivity contribution in [2.24, 2.45) is 0 Å². The summed E-state index contributed by atoms with van der Waals surface area (Å²) in [5, 5.41) is 16.1. The van der Waals surface area contributed by atoms with Gasteiger partial charge in [-0.3, -0.25) is 15.0 Å². The van der Waals surface area contributed by atoms with Crippen LogP contribution in [0.15, 0.2) is 54.6 Å². The van der Waals surface area contributed by atoms with Crippen molar-refractivity contribution in [1.29, 1.82) is 0 Å². The molecular weight excluding hydrogens is 390 g/mol. The molecule has 150 valence electrons. The summed E-state index contributed by atoms with van der Waals surface area (Å²) in [6.45, 7) is 6.26. The van der Waals surface area contributed by atoms with Gasteiger partial charge in [-0.2, -0.15) is 5.10 Å². The Morgan fingerprint density at radius 2 is 1.66 bits per heavy atom. The number of anilines is 1. The fourth-order valence-corrected chi connectivity index (χ4v) is 3.96. The summed E-state index contributed by atoms with van der Waals surface area (Å²) in [6.07, 6.45) is 0. The number of piperazine rings is 1. The van der Waals surface area contributed by atoms with Crippen molar-refractivity contribution in [3.8, 4) is 5.69 Å². The van der Waals surface area contributed by atoms with Crippen molar-refractivity contribution >= 4 is 23.0 Å². The van der Waals surface area contributed by atoms with E-state index < -0.39 is 0 Å². The van der Waals surface area contributed by atoms with E-state index in [9.17, 15) is 10.1 Å². The lowest BCUT2D eigenvalue weighted by Crippen LogP contribution is -2.46. The van der Waals surface area contributed by atoms with E-state index in [1.807, 2.05) is 49.4 Å². The van der Waals surface area contributed by atoms with Crippen molar-refractivity contribution in [2.45, 2.75) is 13.5 Å². The molecule has 1 aromatic heterocycles. The largest absolute Gasteiger partial charge is 0.369 e. The number of non-ortho nitro benzene ring substituents is 1. The molecule has 0 aliphatic carbocycles. The number of nitro benzene ring substituents is 1. The Morgan fingerprint density at radius 3 is 2.28 bits per heavy atom. The van der Waals surface area contributed by atoms with Crippen LogP contribution in [-0.4, -0.2) is 45.8 Å². The molecule has 1 aliphatic heterocycles. The third kappa shape index (κ3) is 4.11. The van der Waals surface area contributed by atoms with Crippen LogP contribution in [0.1, 0.15) is 11.3 Å². The molecule has 3 aromatic rings. The molecule has 1 fully saturated rings. The molecule has 1 saturated heterocycles. The molecule has 0 bridgehead atoms. The monoisotopic (exact) mass is 411 g/mol. The lowest BCUT2D eigenvalue weighted by molar-refractivity contribution is -0.384. The molecule has 2 aromatic carbocycles. The van der Waals surface area contributed by atoms with Crippen LogP contribution < -0.4 is 4.90 Å². The van der Waals surface area contributed by atoms with E-state index in [2.05, 4.69) is 14.9 Å². The third-order valence-corrected chi connectivity index (χ3v) is 5.69. The minimum absolute atomic E-state index is 0.118. The van der Waals surface area contributed by atoms with E-state index >= 15 is 0 Å². The molecule has 0 saturated carbocycles. The molecule has 2 heterocycles. The van der Waals surface area contributed by atoms with Gasteiger partial charge in [-0.05, 0) is 31.2 Å². The molecule has 0 radical (unpaired) electrons. The van der Waals surface area contributed by atoms with E-state index in [0.717, 1.165) is 55.4 Å². The topological polar surface area (TPSA) is 67.4 Å². The highest BCUT2D eigenvalue weighted by Crippen LogP contribution is 2.26. The maximum atomic E-state index is 10.8. The molecule has 0 amide bonds. The second-order valence-corrected chi connectivity index (χ2v) is 7.50. The third-order valence-electron chi connectivity index (χ3n) is 5.30. The number of aryl methyl sites for hydroxylation is 1. The number of nitrogens with zero attached hydrogens (tertiary/aromatic N) is 5. The van der Waals surface area contributed by atoms with Gasteiger partial charge in [0.2, 0.25) is 0 Å².